The molecule has 2 N–H and O–H groups in total. The second-order valence-corrected chi connectivity index (χ2v) is 8.76. The summed E-state index contributed by atoms with van der Waals surface area (Å²) in [6.07, 6.45) is 0.379. The molecule has 2 rings (SSSR count). The molecule has 1 atom stereocenters. The van der Waals surface area contributed by atoms with Crippen molar-refractivity contribution < 1.29 is 22.7 Å². The number of methoxy groups -OCH3 is 2. The highest BCUT2D eigenvalue weighted by Gasteiger charge is 2.26. The fraction of sp³-hybridized carbons (Fsp3) is 0.381. The van der Waals surface area contributed by atoms with Crippen molar-refractivity contribution in [2.45, 2.75) is 37.8 Å². The Morgan fingerprint density at radius 2 is 1.45 bits per heavy atom. The average Bonchev–Trinajstić information content (AvgIpc) is 2.71. The van der Waals surface area contributed by atoms with E-state index in [0.717, 1.165) is 11.3 Å². The molecule has 0 aliphatic carbocycles. The van der Waals surface area contributed by atoms with E-state index >= 15 is 0 Å². The van der Waals surface area contributed by atoms with Crippen molar-refractivity contribution in [2.75, 3.05) is 14.2 Å². The number of amides is 1. The van der Waals surface area contributed by atoms with Crippen LogP contribution in [0.15, 0.2) is 53.4 Å². The van der Waals surface area contributed by atoms with Crippen LogP contribution in [0.1, 0.15) is 25.8 Å². The predicted molar refractivity (Wildman–Crippen MR) is 111 cm³/mol. The molecule has 2 aromatic rings. The van der Waals surface area contributed by atoms with Gasteiger partial charge in [0.2, 0.25) is 15.9 Å². The van der Waals surface area contributed by atoms with Gasteiger partial charge in [0, 0.05) is 6.54 Å². The minimum absolute atomic E-state index is 0.0787. The van der Waals surface area contributed by atoms with E-state index in [1.807, 2.05) is 26.0 Å². The first-order chi connectivity index (χ1) is 13.7. The lowest BCUT2D eigenvalue weighted by Gasteiger charge is -2.20. The summed E-state index contributed by atoms with van der Waals surface area (Å²) in [5, 5.41) is 2.81. The van der Waals surface area contributed by atoms with Gasteiger partial charge in [-0.1, -0.05) is 26.0 Å². The molecule has 7 nitrogen and oxygen atoms in total. The lowest BCUT2D eigenvalue weighted by atomic mass is 10.0. The molecule has 0 bridgehead atoms. The molecule has 158 valence electrons. The highest BCUT2D eigenvalue weighted by atomic mass is 32.2. The topological polar surface area (TPSA) is 93.7 Å². The summed E-state index contributed by atoms with van der Waals surface area (Å²) >= 11 is 0. The third kappa shape index (κ3) is 6.76. The molecule has 0 fully saturated rings. The minimum Gasteiger partial charge on any atom is -0.497 e. The van der Waals surface area contributed by atoms with E-state index in [4.69, 9.17) is 9.47 Å². The van der Waals surface area contributed by atoms with Gasteiger partial charge in [0.1, 0.15) is 17.5 Å². The maximum atomic E-state index is 12.7. The van der Waals surface area contributed by atoms with Crippen LogP contribution in [0.3, 0.4) is 0 Å². The smallest absolute Gasteiger partial charge is 0.241 e. The zero-order valence-electron chi connectivity index (χ0n) is 17.1. The highest BCUT2D eigenvalue weighted by Crippen LogP contribution is 2.17. The Kier molecular flexibility index (Phi) is 8.04. The third-order valence-corrected chi connectivity index (χ3v) is 5.80. The van der Waals surface area contributed by atoms with Gasteiger partial charge in [0.25, 0.3) is 0 Å². The second-order valence-electron chi connectivity index (χ2n) is 7.04. The van der Waals surface area contributed by atoms with Crippen molar-refractivity contribution >= 4 is 15.9 Å². The van der Waals surface area contributed by atoms with Crippen molar-refractivity contribution in [3.8, 4) is 11.5 Å². The van der Waals surface area contributed by atoms with Gasteiger partial charge < -0.3 is 14.8 Å². The summed E-state index contributed by atoms with van der Waals surface area (Å²) in [6, 6.07) is 12.5. The molecular weight excluding hydrogens is 392 g/mol. The normalized spacial score (nSPS) is 12.4. The summed E-state index contributed by atoms with van der Waals surface area (Å²) in [6.45, 7) is 4.17. The van der Waals surface area contributed by atoms with Gasteiger partial charge in [-0.25, -0.2) is 8.42 Å². The molecule has 1 amide bonds. The van der Waals surface area contributed by atoms with Gasteiger partial charge in [0.05, 0.1) is 19.1 Å². The van der Waals surface area contributed by atoms with Gasteiger partial charge >= 0.3 is 0 Å². The predicted octanol–water partition coefficient (Wildman–Crippen LogP) is 2.71. The van der Waals surface area contributed by atoms with Crippen molar-refractivity contribution in [1.29, 1.82) is 0 Å². The number of ether oxygens (including phenoxy) is 2. The Hall–Kier alpha value is -2.58. The third-order valence-electron chi connectivity index (χ3n) is 4.32. The maximum Gasteiger partial charge on any atom is 0.241 e. The van der Waals surface area contributed by atoms with E-state index in [2.05, 4.69) is 10.0 Å². The van der Waals surface area contributed by atoms with E-state index in [1.54, 1.807) is 31.4 Å². The zero-order chi connectivity index (χ0) is 21.4. The monoisotopic (exact) mass is 420 g/mol. The Morgan fingerprint density at radius 1 is 0.931 bits per heavy atom. The van der Waals surface area contributed by atoms with Gasteiger partial charge in [0.15, 0.2) is 0 Å². The number of sulfonamides is 1. The summed E-state index contributed by atoms with van der Waals surface area (Å²) in [7, 11) is -0.757. The molecule has 0 radical (unpaired) electrons. The molecule has 29 heavy (non-hydrogen) atoms. The molecular formula is C21H28N2O5S. The fourth-order valence-corrected chi connectivity index (χ4v) is 3.95. The van der Waals surface area contributed by atoms with Gasteiger partial charge in [-0.15, -0.1) is 0 Å². The fourth-order valence-electron chi connectivity index (χ4n) is 2.75. The average molecular weight is 421 g/mol. The van der Waals surface area contributed by atoms with Crippen LogP contribution in [-0.4, -0.2) is 34.6 Å². The molecule has 0 aliphatic heterocycles. The van der Waals surface area contributed by atoms with Crippen LogP contribution in [0, 0.1) is 5.92 Å². The lowest BCUT2D eigenvalue weighted by molar-refractivity contribution is -0.123. The number of hydrogen-bond donors (Lipinski definition) is 2. The molecule has 1 unspecified atom stereocenters. The maximum absolute atomic E-state index is 12.7. The summed E-state index contributed by atoms with van der Waals surface area (Å²) < 4.78 is 38.2. The SMILES string of the molecule is COc1ccc(CNC(=O)C(CC(C)C)NS(=O)(=O)c2ccc(OC)cc2)cc1. The molecule has 0 heterocycles. The molecule has 8 heteroatoms. The van der Waals surface area contributed by atoms with E-state index < -0.39 is 16.1 Å². The number of carbonyl (C=O) groups excluding carboxylic acids is 1. The lowest BCUT2D eigenvalue weighted by Crippen LogP contribution is -2.47. The van der Waals surface area contributed by atoms with Crippen molar-refractivity contribution in [3.63, 3.8) is 0 Å². The van der Waals surface area contributed by atoms with E-state index in [1.165, 1.54) is 19.2 Å². The molecule has 0 spiro atoms. The molecule has 0 saturated carbocycles. The first kappa shape index (κ1) is 22.7. The van der Waals surface area contributed by atoms with Crippen LogP contribution in [0.2, 0.25) is 0 Å². The van der Waals surface area contributed by atoms with Crippen LogP contribution in [0.25, 0.3) is 0 Å². The standard InChI is InChI=1S/C21H28N2O5S/c1-15(2)13-20(21(24)22-14-16-5-7-17(27-3)8-6-16)23-29(25,26)19-11-9-18(28-4)10-12-19/h5-12,15,20,23H,13-14H2,1-4H3,(H,22,24). The quantitative estimate of drug-likeness (QED) is 0.616. The first-order valence-electron chi connectivity index (χ1n) is 9.32. The Bertz CT molecular complexity index is 894. The van der Waals surface area contributed by atoms with Gasteiger partial charge in [-0.2, -0.15) is 4.72 Å². The first-order valence-corrected chi connectivity index (χ1v) is 10.8. The number of rotatable bonds is 10. The molecule has 2 aromatic carbocycles. The summed E-state index contributed by atoms with van der Waals surface area (Å²) in [5.41, 5.74) is 0.889. The number of carbonyl (C=O) groups is 1. The Labute approximate surface area is 172 Å². The van der Waals surface area contributed by atoms with E-state index in [9.17, 15) is 13.2 Å². The number of benzene rings is 2. The van der Waals surface area contributed by atoms with Gasteiger partial charge in [-0.05, 0) is 54.3 Å². The van der Waals surface area contributed by atoms with Crippen LogP contribution < -0.4 is 19.5 Å². The van der Waals surface area contributed by atoms with Crippen molar-refractivity contribution in [1.82, 2.24) is 10.0 Å². The molecule has 0 aliphatic rings. The second kappa shape index (κ2) is 10.3. The molecule has 0 aromatic heterocycles. The summed E-state index contributed by atoms with van der Waals surface area (Å²) in [4.78, 5) is 12.8. The zero-order valence-corrected chi connectivity index (χ0v) is 18.0. The largest absolute Gasteiger partial charge is 0.497 e. The minimum atomic E-state index is -3.85. The van der Waals surface area contributed by atoms with Gasteiger partial charge in [-0.3, -0.25) is 4.79 Å². The molecule has 0 saturated heterocycles. The Morgan fingerprint density at radius 3 is 1.93 bits per heavy atom. The number of nitrogens with one attached hydrogen (secondary N) is 2. The Balaban J connectivity index is 2.08. The van der Waals surface area contributed by atoms with E-state index in [0.29, 0.717) is 18.7 Å². The summed E-state index contributed by atoms with van der Waals surface area (Å²) in [5.74, 6) is 1.04. The van der Waals surface area contributed by atoms with Crippen LogP contribution in [0.4, 0.5) is 0 Å². The van der Waals surface area contributed by atoms with E-state index in [-0.39, 0.29) is 16.7 Å². The highest BCUT2D eigenvalue weighted by molar-refractivity contribution is 7.89. The van der Waals surface area contributed by atoms with Crippen LogP contribution >= 0.6 is 0 Å². The van der Waals surface area contributed by atoms with Crippen LogP contribution in [0.5, 0.6) is 11.5 Å². The van der Waals surface area contributed by atoms with Crippen LogP contribution in [-0.2, 0) is 21.4 Å². The number of hydrogen-bond acceptors (Lipinski definition) is 5. The van der Waals surface area contributed by atoms with Crippen molar-refractivity contribution in [2.24, 2.45) is 5.92 Å². The van der Waals surface area contributed by atoms with Crippen molar-refractivity contribution in [3.05, 3.63) is 54.1 Å².